The number of hydrogen-bond donors (Lipinski definition) is 4. The molecule has 1 aliphatic carbocycles. The van der Waals surface area contributed by atoms with E-state index in [1.807, 2.05) is 0 Å². The lowest BCUT2D eigenvalue weighted by molar-refractivity contribution is 0.597. The van der Waals surface area contributed by atoms with Crippen molar-refractivity contribution in [2.45, 2.75) is 32.1 Å². The highest BCUT2D eigenvalue weighted by Crippen LogP contribution is 2.41. The van der Waals surface area contributed by atoms with Gasteiger partial charge in [-0.1, -0.05) is 6.92 Å². The summed E-state index contributed by atoms with van der Waals surface area (Å²) in [7, 11) is 1.76. The van der Waals surface area contributed by atoms with Crippen LogP contribution in [-0.2, 0) is 6.42 Å². The number of aryl methyl sites for hydroxylation is 1. The summed E-state index contributed by atoms with van der Waals surface area (Å²) in [6.45, 7) is 2.22. The first-order chi connectivity index (χ1) is 7.65. The summed E-state index contributed by atoms with van der Waals surface area (Å²) in [5.41, 5.74) is 13.8. The number of hydrazine groups is 1. The molecule has 5 heteroatoms. The van der Waals surface area contributed by atoms with Gasteiger partial charge in [-0.25, -0.2) is 5.43 Å². The van der Waals surface area contributed by atoms with E-state index in [0.29, 0.717) is 11.8 Å². The molecule has 0 radical (unpaired) electrons. The minimum atomic E-state index is 0.381. The molecule has 0 saturated carbocycles. The molecular weight excluding hydrogens is 220 g/mol. The summed E-state index contributed by atoms with van der Waals surface area (Å²) in [6.07, 6.45) is 3.55. The zero-order valence-corrected chi connectivity index (χ0v) is 10.5. The van der Waals surface area contributed by atoms with Crippen molar-refractivity contribution in [2.75, 3.05) is 12.8 Å². The van der Waals surface area contributed by atoms with Crippen LogP contribution in [0.5, 0.6) is 0 Å². The topological polar surface area (TPSA) is 73.9 Å². The number of nitrogens with two attached hydrogens (primary N) is 1. The molecule has 1 aliphatic rings. The standard InChI is InChI=1S/C11H18N4S/c1-6-4-3-5-7-8(6)9(11(13)16-7)10(12)15-14-2/h6,14H,3-5,13H2,1-2H3,(H2,12,15). The molecule has 16 heavy (non-hydrogen) atoms. The molecule has 88 valence electrons. The molecule has 1 unspecified atom stereocenters. The highest BCUT2D eigenvalue weighted by molar-refractivity contribution is 7.16. The van der Waals surface area contributed by atoms with Gasteiger partial charge in [0.05, 0.1) is 10.6 Å². The van der Waals surface area contributed by atoms with Crippen molar-refractivity contribution in [3.05, 3.63) is 16.0 Å². The van der Waals surface area contributed by atoms with Gasteiger partial charge in [-0.15, -0.1) is 11.3 Å². The lowest BCUT2D eigenvalue weighted by Crippen LogP contribution is -2.35. The van der Waals surface area contributed by atoms with Crippen molar-refractivity contribution < 1.29 is 0 Å². The maximum absolute atomic E-state index is 7.97. The second kappa shape index (κ2) is 4.43. The van der Waals surface area contributed by atoms with E-state index in [4.69, 9.17) is 11.1 Å². The molecule has 4 nitrogen and oxygen atoms in total. The second-order valence-electron chi connectivity index (χ2n) is 4.22. The Morgan fingerprint density at radius 3 is 3.00 bits per heavy atom. The van der Waals surface area contributed by atoms with Crippen LogP contribution in [0.2, 0.25) is 0 Å². The zero-order chi connectivity index (χ0) is 11.7. The van der Waals surface area contributed by atoms with Crippen LogP contribution < -0.4 is 16.6 Å². The summed E-state index contributed by atoms with van der Waals surface area (Å²) in [4.78, 5) is 1.37. The van der Waals surface area contributed by atoms with E-state index in [0.717, 1.165) is 17.0 Å². The van der Waals surface area contributed by atoms with Gasteiger partial charge in [0.1, 0.15) is 5.84 Å². The molecule has 0 amide bonds. The van der Waals surface area contributed by atoms with Crippen LogP contribution in [0.1, 0.15) is 41.7 Å². The Morgan fingerprint density at radius 1 is 1.56 bits per heavy atom. The molecular formula is C11H18N4S. The quantitative estimate of drug-likeness (QED) is 0.361. The van der Waals surface area contributed by atoms with Gasteiger partial charge < -0.3 is 11.2 Å². The Balaban J connectivity index is 2.44. The number of fused-ring (bicyclic) bond motifs is 1. The Labute approximate surface area is 99.7 Å². The Bertz CT molecular complexity index is 410. The lowest BCUT2D eigenvalue weighted by Gasteiger charge is -2.20. The SMILES string of the molecule is CNNC(=N)c1c(N)sc2c1C(C)CCC2. The summed E-state index contributed by atoms with van der Waals surface area (Å²) in [5.74, 6) is 0.901. The van der Waals surface area contributed by atoms with Gasteiger partial charge in [-0.3, -0.25) is 5.41 Å². The fourth-order valence-corrected chi connectivity index (χ4v) is 3.62. The molecule has 1 heterocycles. The third-order valence-electron chi connectivity index (χ3n) is 3.08. The first-order valence-corrected chi connectivity index (χ1v) is 6.39. The lowest BCUT2D eigenvalue weighted by atomic mass is 9.86. The molecule has 0 aromatic carbocycles. The van der Waals surface area contributed by atoms with E-state index < -0.39 is 0 Å². The molecule has 1 aromatic rings. The fraction of sp³-hybridized carbons (Fsp3) is 0.545. The Kier molecular flexibility index (Phi) is 3.16. The van der Waals surface area contributed by atoms with Gasteiger partial charge >= 0.3 is 0 Å². The van der Waals surface area contributed by atoms with E-state index in [2.05, 4.69) is 17.8 Å². The first kappa shape index (κ1) is 11.4. The van der Waals surface area contributed by atoms with E-state index >= 15 is 0 Å². The minimum absolute atomic E-state index is 0.381. The number of amidine groups is 1. The van der Waals surface area contributed by atoms with Crippen molar-refractivity contribution in [1.29, 1.82) is 5.41 Å². The number of nitrogen functional groups attached to an aromatic ring is 1. The predicted molar refractivity (Wildman–Crippen MR) is 69.1 cm³/mol. The van der Waals surface area contributed by atoms with E-state index in [9.17, 15) is 0 Å². The highest BCUT2D eigenvalue weighted by Gasteiger charge is 2.26. The average Bonchev–Trinajstić information content (AvgIpc) is 2.56. The van der Waals surface area contributed by atoms with Crippen LogP contribution >= 0.6 is 11.3 Å². The van der Waals surface area contributed by atoms with Gasteiger partial charge in [0, 0.05) is 11.9 Å². The largest absolute Gasteiger partial charge is 0.390 e. The Hall–Kier alpha value is -1.07. The van der Waals surface area contributed by atoms with Crippen LogP contribution in [0, 0.1) is 5.41 Å². The maximum atomic E-state index is 7.97. The molecule has 5 N–H and O–H groups in total. The molecule has 0 bridgehead atoms. The molecule has 2 rings (SSSR count). The second-order valence-corrected chi connectivity index (χ2v) is 5.36. The maximum Gasteiger partial charge on any atom is 0.143 e. The van der Waals surface area contributed by atoms with E-state index in [1.54, 1.807) is 18.4 Å². The summed E-state index contributed by atoms with van der Waals surface area (Å²) < 4.78 is 0. The first-order valence-electron chi connectivity index (χ1n) is 5.57. The summed E-state index contributed by atoms with van der Waals surface area (Å²) in [6, 6.07) is 0. The van der Waals surface area contributed by atoms with Crippen LogP contribution in [0.3, 0.4) is 0 Å². The molecule has 0 fully saturated rings. The van der Waals surface area contributed by atoms with Crippen LogP contribution in [0.15, 0.2) is 0 Å². The van der Waals surface area contributed by atoms with Gasteiger partial charge in [0.25, 0.3) is 0 Å². The number of thiophene rings is 1. The van der Waals surface area contributed by atoms with Crippen LogP contribution in [-0.4, -0.2) is 12.9 Å². The Morgan fingerprint density at radius 2 is 2.31 bits per heavy atom. The van der Waals surface area contributed by atoms with Gasteiger partial charge in [0.15, 0.2) is 0 Å². The van der Waals surface area contributed by atoms with Crippen molar-refractivity contribution in [3.8, 4) is 0 Å². The van der Waals surface area contributed by atoms with E-state index in [1.165, 1.54) is 23.3 Å². The highest BCUT2D eigenvalue weighted by atomic mass is 32.1. The predicted octanol–water partition coefficient (Wildman–Crippen LogP) is 1.82. The van der Waals surface area contributed by atoms with E-state index in [-0.39, 0.29) is 0 Å². The summed E-state index contributed by atoms with van der Waals surface area (Å²) in [5, 5.41) is 8.74. The van der Waals surface area contributed by atoms with Crippen molar-refractivity contribution in [3.63, 3.8) is 0 Å². The fourth-order valence-electron chi connectivity index (χ4n) is 2.38. The summed E-state index contributed by atoms with van der Waals surface area (Å²) >= 11 is 1.64. The van der Waals surface area contributed by atoms with Crippen molar-refractivity contribution in [1.82, 2.24) is 10.9 Å². The van der Waals surface area contributed by atoms with Gasteiger partial charge in [-0.2, -0.15) is 0 Å². The number of anilines is 1. The van der Waals surface area contributed by atoms with Crippen LogP contribution in [0.25, 0.3) is 0 Å². The third kappa shape index (κ3) is 1.81. The molecule has 1 atom stereocenters. The molecule has 0 saturated heterocycles. The van der Waals surface area contributed by atoms with Gasteiger partial charge in [-0.05, 0) is 30.7 Å². The molecule has 0 aliphatic heterocycles. The van der Waals surface area contributed by atoms with Crippen molar-refractivity contribution in [2.24, 2.45) is 0 Å². The average molecular weight is 238 g/mol. The molecule has 1 aromatic heterocycles. The number of nitrogens with one attached hydrogen (secondary N) is 3. The van der Waals surface area contributed by atoms with Crippen LogP contribution in [0.4, 0.5) is 5.00 Å². The molecule has 0 spiro atoms. The minimum Gasteiger partial charge on any atom is -0.390 e. The normalized spacial score (nSPS) is 19.2. The third-order valence-corrected chi connectivity index (χ3v) is 4.18. The zero-order valence-electron chi connectivity index (χ0n) is 9.68. The van der Waals surface area contributed by atoms with Crippen molar-refractivity contribution >= 4 is 22.2 Å². The number of rotatable bonds is 2. The smallest absolute Gasteiger partial charge is 0.143 e. The van der Waals surface area contributed by atoms with Gasteiger partial charge in [0.2, 0.25) is 0 Å². The number of hydrogen-bond acceptors (Lipinski definition) is 4. The monoisotopic (exact) mass is 238 g/mol.